The summed E-state index contributed by atoms with van der Waals surface area (Å²) in [5.41, 5.74) is 0.453. The Hall–Kier alpha value is -0.0800. The van der Waals surface area contributed by atoms with Gasteiger partial charge in [0.15, 0.2) is 5.96 Å². The number of hydrogen-bond acceptors (Lipinski definition) is 3. The zero-order valence-electron chi connectivity index (χ0n) is 18.5. The second-order valence-electron chi connectivity index (χ2n) is 8.99. The Labute approximate surface area is 185 Å². The molecular formula is C21H44IN5. The van der Waals surface area contributed by atoms with E-state index in [4.69, 9.17) is 4.99 Å². The minimum Gasteiger partial charge on any atom is -0.357 e. The van der Waals surface area contributed by atoms with Gasteiger partial charge in [0.1, 0.15) is 0 Å². The third kappa shape index (κ3) is 8.44. The fraction of sp³-hybridized carbons (Fsp3) is 0.952. The lowest BCUT2D eigenvalue weighted by atomic mass is 9.78. The highest BCUT2D eigenvalue weighted by Gasteiger charge is 2.31. The van der Waals surface area contributed by atoms with Crippen LogP contribution >= 0.6 is 24.0 Å². The van der Waals surface area contributed by atoms with Crippen LogP contribution < -0.4 is 5.32 Å². The normalized spacial score (nSPS) is 26.6. The van der Waals surface area contributed by atoms with Gasteiger partial charge in [-0.1, -0.05) is 27.2 Å². The number of piperazine rings is 1. The van der Waals surface area contributed by atoms with Crippen molar-refractivity contribution in [2.45, 2.75) is 53.4 Å². The highest BCUT2D eigenvalue weighted by molar-refractivity contribution is 14.0. The van der Waals surface area contributed by atoms with Gasteiger partial charge in [0, 0.05) is 58.9 Å². The molecule has 160 valence electrons. The van der Waals surface area contributed by atoms with E-state index in [1.54, 1.807) is 0 Å². The van der Waals surface area contributed by atoms with Crippen molar-refractivity contribution in [2.75, 3.05) is 66.0 Å². The number of likely N-dealkylation sites (tertiary alicyclic amines) is 1. The summed E-state index contributed by atoms with van der Waals surface area (Å²) in [6, 6.07) is 0. The van der Waals surface area contributed by atoms with Crippen molar-refractivity contribution in [2.24, 2.45) is 16.3 Å². The van der Waals surface area contributed by atoms with Crippen molar-refractivity contribution in [3.05, 3.63) is 0 Å². The molecule has 0 amide bonds. The molecule has 2 atom stereocenters. The molecule has 0 aliphatic carbocycles. The van der Waals surface area contributed by atoms with E-state index in [1.165, 1.54) is 58.4 Å². The van der Waals surface area contributed by atoms with E-state index < -0.39 is 0 Å². The van der Waals surface area contributed by atoms with Crippen molar-refractivity contribution in [3.8, 4) is 0 Å². The summed E-state index contributed by atoms with van der Waals surface area (Å²) in [7, 11) is 2.22. The van der Waals surface area contributed by atoms with Gasteiger partial charge < -0.3 is 20.0 Å². The van der Waals surface area contributed by atoms with Crippen molar-refractivity contribution in [1.82, 2.24) is 20.0 Å². The van der Waals surface area contributed by atoms with Crippen molar-refractivity contribution in [3.63, 3.8) is 0 Å². The summed E-state index contributed by atoms with van der Waals surface area (Å²) in [6.07, 6.45) is 5.25. The summed E-state index contributed by atoms with van der Waals surface area (Å²) in [5, 5.41) is 3.55. The number of piperidine rings is 1. The van der Waals surface area contributed by atoms with Gasteiger partial charge in [0.2, 0.25) is 0 Å². The van der Waals surface area contributed by atoms with Crippen LogP contribution in [0.2, 0.25) is 0 Å². The fourth-order valence-corrected chi connectivity index (χ4v) is 4.50. The molecule has 2 unspecified atom stereocenters. The van der Waals surface area contributed by atoms with Gasteiger partial charge in [-0.15, -0.1) is 24.0 Å². The number of hydrogen-bond donors (Lipinski definition) is 1. The third-order valence-electron chi connectivity index (χ3n) is 5.99. The van der Waals surface area contributed by atoms with Crippen LogP contribution in [0.3, 0.4) is 0 Å². The molecule has 2 saturated heterocycles. The van der Waals surface area contributed by atoms with Gasteiger partial charge >= 0.3 is 0 Å². The molecule has 2 aliphatic rings. The Balaban J connectivity index is 0.00000364. The Morgan fingerprint density at radius 1 is 1.15 bits per heavy atom. The first-order valence-corrected chi connectivity index (χ1v) is 10.9. The largest absolute Gasteiger partial charge is 0.357 e. The molecule has 0 saturated carbocycles. The molecule has 27 heavy (non-hydrogen) atoms. The van der Waals surface area contributed by atoms with Crippen LogP contribution in [0, 0.1) is 11.3 Å². The molecule has 0 aromatic heterocycles. The monoisotopic (exact) mass is 493 g/mol. The topological polar surface area (TPSA) is 34.1 Å². The molecule has 2 heterocycles. The first kappa shape index (κ1) is 25.0. The van der Waals surface area contributed by atoms with Gasteiger partial charge in [-0.2, -0.15) is 0 Å². The summed E-state index contributed by atoms with van der Waals surface area (Å²) in [5.74, 6) is 1.75. The van der Waals surface area contributed by atoms with E-state index in [0.717, 1.165) is 32.1 Å². The molecule has 5 nitrogen and oxygen atoms in total. The summed E-state index contributed by atoms with van der Waals surface area (Å²) in [6.45, 7) is 19.4. The number of aliphatic imine (C=N–C) groups is 1. The molecule has 0 spiro atoms. The van der Waals surface area contributed by atoms with Crippen LogP contribution in [0.15, 0.2) is 4.99 Å². The number of nitrogens with one attached hydrogen (secondary N) is 1. The molecule has 2 aliphatic heterocycles. The number of guanidine groups is 1. The smallest absolute Gasteiger partial charge is 0.193 e. The lowest BCUT2D eigenvalue weighted by Gasteiger charge is -2.42. The van der Waals surface area contributed by atoms with Gasteiger partial charge in [0.05, 0.1) is 0 Å². The quantitative estimate of drug-likeness (QED) is 0.335. The molecule has 2 fully saturated rings. The zero-order chi connectivity index (χ0) is 19.0. The van der Waals surface area contributed by atoms with E-state index >= 15 is 0 Å². The molecule has 6 heteroatoms. The molecular weight excluding hydrogens is 449 g/mol. The molecule has 1 N–H and O–H groups in total. The number of halogens is 1. The van der Waals surface area contributed by atoms with Gasteiger partial charge in [-0.05, 0) is 44.6 Å². The molecule has 0 bridgehead atoms. The lowest BCUT2D eigenvalue weighted by Crippen LogP contribution is -2.50. The van der Waals surface area contributed by atoms with E-state index in [1.807, 2.05) is 0 Å². The standard InChI is InChI=1S/C21H43N5.HI/c1-6-9-21(4)10-8-11-26(18-21)20(22-7-2)23-16-19(3)17-25-14-12-24(5)13-15-25;/h19H,6-18H2,1-5H3,(H,22,23);1H. The predicted molar refractivity (Wildman–Crippen MR) is 128 cm³/mol. The van der Waals surface area contributed by atoms with E-state index in [0.29, 0.717) is 11.3 Å². The van der Waals surface area contributed by atoms with Crippen LogP contribution in [0.25, 0.3) is 0 Å². The van der Waals surface area contributed by atoms with Gasteiger partial charge in [0.25, 0.3) is 0 Å². The predicted octanol–water partition coefficient (Wildman–Crippen LogP) is 3.36. The summed E-state index contributed by atoms with van der Waals surface area (Å²) >= 11 is 0. The van der Waals surface area contributed by atoms with Crippen LogP contribution in [0.5, 0.6) is 0 Å². The number of rotatable bonds is 7. The zero-order valence-corrected chi connectivity index (χ0v) is 20.8. The first-order chi connectivity index (χ1) is 12.5. The SMILES string of the molecule is CCCC1(C)CCCN(C(=NCC(C)CN2CCN(C)CC2)NCC)C1.I. The van der Waals surface area contributed by atoms with Crippen LogP contribution in [0.1, 0.15) is 53.4 Å². The second kappa shape index (κ2) is 12.5. The average molecular weight is 494 g/mol. The van der Waals surface area contributed by atoms with Crippen molar-refractivity contribution < 1.29 is 0 Å². The maximum atomic E-state index is 5.04. The Bertz CT molecular complexity index is 432. The molecule has 2 rings (SSSR count). The highest BCUT2D eigenvalue weighted by Crippen LogP contribution is 2.33. The van der Waals surface area contributed by atoms with Crippen molar-refractivity contribution in [1.29, 1.82) is 0 Å². The fourth-order valence-electron chi connectivity index (χ4n) is 4.50. The Kier molecular flexibility index (Phi) is 11.5. The first-order valence-electron chi connectivity index (χ1n) is 10.9. The molecule has 0 radical (unpaired) electrons. The minimum atomic E-state index is 0. The Morgan fingerprint density at radius 3 is 2.48 bits per heavy atom. The van der Waals surface area contributed by atoms with Gasteiger partial charge in [-0.3, -0.25) is 4.99 Å². The molecule has 0 aromatic carbocycles. The van der Waals surface area contributed by atoms with E-state index in [-0.39, 0.29) is 24.0 Å². The average Bonchev–Trinajstić information content (AvgIpc) is 2.60. The maximum Gasteiger partial charge on any atom is 0.193 e. The molecule has 0 aromatic rings. The minimum absolute atomic E-state index is 0. The van der Waals surface area contributed by atoms with Crippen LogP contribution in [0.4, 0.5) is 0 Å². The lowest BCUT2D eigenvalue weighted by molar-refractivity contribution is 0.138. The Morgan fingerprint density at radius 2 is 1.85 bits per heavy atom. The second-order valence-corrected chi connectivity index (χ2v) is 8.99. The summed E-state index contributed by atoms with van der Waals surface area (Å²) < 4.78 is 0. The third-order valence-corrected chi connectivity index (χ3v) is 5.99. The van der Waals surface area contributed by atoms with E-state index in [9.17, 15) is 0 Å². The number of likely N-dealkylation sites (N-methyl/N-ethyl adjacent to an activating group) is 1. The highest BCUT2D eigenvalue weighted by atomic mass is 127. The van der Waals surface area contributed by atoms with Crippen molar-refractivity contribution >= 4 is 29.9 Å². The summed E-state index contributed by atoms with van der Waals surface area (Å²) in [4.78, 5) is 12.6. The van der Waals surface area contributed by atoms with Gasteiger partial charge in [-0.25, -0.2) is 0 Å². The van der Waals surface area contributed by atoms with Crippen LogP contribution in [-0.4, -0.2) is 86.6 Å². The van der Waals surface area contributed by atoms with E-state index in [2.05, 4.69) is 54.8 Å². The van der Waals surface area contributed by atoms with Crippen LogP contribution in [-0.2, 0) is 0 Å². The maximum absolute atomic E-state index is 5.04. The number of nitrogens with zero attached hydrogens (tertiary/aromatic N) is 4.